The summed E-state index contributed by atoms with van der Waals surface area (Å²) >= 11 is 0. The van der Waals surface area contributed by atoms with Crippen molar-refractivity contribution in [2.24, 2.45) is 11.7 Å². The number of nitrogens with two attached hydrogens (primary N) is 1. The lowest BCUT2D eigenvalue weighted by Gasteiger charge is -2.33. The van der Waals surface area contributed by atoms with Crippen LogP contribution >= 0.6 is 0 Å². The summed E-state index contributed by atoms with van der Waals surface area (Å²) in [6.45, 7) is 7.05. The molecule has 0 aromatic carbocycles. The standard InChI is InChI=1S/C16H32N2O3/c1-5-13(2)18(11-12-20-3)10-8-14-7-6-9-16(14,17)15(19)21-4/h13-14H,5-12,17H2,1-4H3. The lowest BCUT2D eigenvalue weighted by Crippen LogP contribution is -2.52. The number of carbonyl (C=O) groups is 1. The van der Waals surface area contributed by atoms with E-state index in [0.29, 0.717) is 6.04 Å². The SMILES string of the molecule is CCC(C)N(CCOC)CCC1CCCC1(N)C(=O)OC. The van der Waals surface area contributed by atoms with Crippen molar-refractivity contribution in [1.82, 2.24) is 4.90 Å². The van der Waals surface area contributed by atoms with Crippen LogP contribution in [0.3, 0.4) is 0 Å². The van der Waals surface area contributed by atoms with Crippen molar-refractivity contribution in [2.75, 3.05) is 33.9 Å². The van der Waals surface area contributed by atoms with Crippen LogP contribution in [0.5, 0.6) is 0 Å². The van der Waals surface area contributed by atoms with Gasteiger partial charge in [-0.2, -0.15) is 0 Å². The maximum atomic E-state index is 12.0. The first-order valence-corrected chi connectivity index (χ1v) is 8.09. The first-order chi connectivity index (χ1) is 9.99. The summed E-state index contributed by atoms with van der Waals surface area (Å²) in [6.07, 6.45) is 4.83. The van der Waals surface area contributed by atoms with Crippen LogP contribution in [0.2, 0.25) is 0 Å². The lowest BCUT2D eigenvalue weighted by atomic mass is 9.85. The lowest BCUT2D eigenvalue weighted by molar-refractivity contribution is -0.148. The maximum Gasteiger partial charge on any atom is 0.326 e. The molecule has 0 aromatic heterocycles. The van der Waals surface area contributed by atoms with E-state index >= 15 is 0 Å². The first-order valence-electron chi connectivity index (χ1n) is 8.09. The largest absolute Gasteiger partial charge is 0.468 e. The molecule has 0 spiro atoms. The molecule has 1 rings (SSSR count). The zero-order valence-electron chi connectivity index (χ0n) is 14.1. The number of ether oxygens (including phenoxy) is 2. The van der Waals surface area contributed by atoms with Crippen LogP contribution in [0.1, 0.15) is 46.0 Å². The van der Waals surface area contributed by atoms with E-state index < -0.39 is 5.54 Å². The van der Waals surface area contributed by atoms with Crippen molar-refractivity contribution in [2.45, 2.75) is 57.5 Å². The zero-order chi connectivity index (χ0) is 15.9. The number of carbonyl (C=O) groups excluding carboxylic acids is 1. The van der Waals surface area contributed by atoms with Gasteiger partial charge in [0.25, 0.3) is 0 Å². The Morgan fingerprint density at radius 2 is 2.14 bits per heavy atom. The second-order valence-electron chi connectivity index (χ2n) is 6.20. The van der Waals surface area contributed by atoms with E-state index in [1.165, 1.54) is 7.11 Å². The van der Waals surface area contributed by atoms with Gasteiger partial charge in [0.2, 0.25) is 0 Å². The Balaban J connectivity index is 2.59. The van der Waals surface area contributed by atoms with E-state index in [9.17, 15) is 4.79 Å². The molecule has 21 heavy (non-hydrogen) atoms. The fraction of sp³-hybridized carbons (Fsp3) is 0.938. The second-order valence-corrected chi connectivity index (χ2v) is 6.20. The monoisotopic (exact) mass is 300 g/mol. The van der Waals surface area contributed by atoms with E-state index in [-0.39, 0.29) is 11.9 Å². The van der Waals surface area contributed by atoms with Gasteiger partial charge >= 0.3 is 5.97 Å². The number of rotatable bonds is 9. The van der Waals surface area contributed by atoms with Crippen LogP contribution in [0.15, 0.2) is 0 Å². The fourth-order valence-corrected chi connectivity index (χ4v) is 3.30. The molecular formula is C16H32N2O3. The highest BCUT2D eigenvalue weighted by atomic mass is 16.5. The summed E-state index contributed by atoms with van der Waals surface area (Å²) in [5.41, 5.74) is 5.55. The molecule has 1 aliphatic rings. The van der Waals surface area contributed by atoms with Crippen LogP contribution in [0.4, 0.5) is 0 Å². The number of hydrogen-bond acceptors (Lipinski definition) is 5. The third kappa shape index (κ3) is 4.66. The van der Waals surface area contributed by atoms with Gasteiger partial charge in [-0.15, -0.1) is 0 Å². The molecule has 0 heterocycles. The van der Waals surface area contributed by atoms with E-state index in [2.05, 4.69) is 18.7 Å². The molecule has 0 aliphatic heterocycles. The molecule has 1 aliphatic carbocycles. The van der Waals surface area contributed by atoms with Crippen molar-refractivity contribution in [3.8, 4) is 0 Å². The highest BCUT2D eigenvalue weighted by Gasteiger charge is 2.46. The predicted molar refractivity (Wildman–Crippen MR) is 84.1 cm³/mol. The minimum absolute atomic E-state index is 0.221. The Labute approximate surface area is 129 Å². The Hall–Kier alpha value is -0.650. The van der Waals surface area contributed by atoms with Crippen molar-refractivity contribution in [3.63, 3.8) is 0 Å². The summed E-state index contributed by atoms with van der Waals surface area (Å²) in [6, 6.07) is 0.520. The van der Waals surface area contributed by atoms with Gasteiger partial charge in [-0.1, -0.05) is 13.3 Å². The Kier molecular flexibility index (Phi) is 7.63. The molecule has 1 saturated carbocycles. The number of hydrogen-bond donors (Lipinski definition) is 1. The molecule has 0 bridgehead atoms. The fourth-order valence-electron chi connectivity index (χ4n) is 3.30. The highest BCUT2D eigenvalue weighted by Crippen LogP contribution is 2.37. The van der Waals surface area contributed by atoms with E-state index in [1.807, 2.05) is 0 Å². The van der Waals surface area contributed by atoms with Gasteiger partial charge in [-0.3, -0.25) is 9.69 Å². The average molecular weight is 300 g/mol. The van der Waals surface area contributed by atoms with Crippen LogP contribution in [0.25, 0.3) is 0 Å². The predicted octanol–water partition coefficient (Wildman–Crippen LogP) is 1.79. The Bertz CT molecular complexity index is 325. The topological polar surface area (TPSA) is 64.8 Å². The zero-order valence-corrected chi connectivity index (χ0v) is 14.1. The molecule has 5 heteroatoms. The van der Waals surface area contributed by atoms with Crippen LogP contribution in [-0.2, 0) is 14.3 Å². The molecule has 2 N–H and O–H groups in total. The molecule has 124 valence electrons. The molecule has 0 amide bonds. The average Bonchev–Trinajstić information content (AvgIpc) is 2.88. The van der Waals surface area contributed by atoms with Gasteiger partial charge in [0.1, 0.15) is 5.54 Å². The quantitative estimate of drug-likeness (QED) is 0.658. The molecule has 3 unspecified atom stereocenters. The van der Waals surface area contributed by atoms with Crippen molar-refractivity contribution in [1.29, 1.82) is 0 Å². The van der Waals surface area contributed by atoms with Gasteiger partial charge in [-0.05, 0) is 45.1 Å². The normalized spacial score (nSPS) is 27.0. The van der Waals surface area contributed by atoms with Gasteiger partial charge in [-0.25, -0.2) is 0 Å². The molecule has 0 radical (unpaired) electrons. The van der Waals surface area contributed by atoms with Gasteiger partial charge in [0, 0.05) is 19.7 Å². The summed E-state index contributed by atoms with van der Waals surface area (Å²) in [4.78, 5) is 14.4. The molecular weight excluding hydrogens is 268 g/mol. The van der Waals surface area contributed by atoms with Crippen molar-refractivity contribution < 1.29 is 14.3 Å². The Morgan fingerprint density at radius 1 is 1.43 bits per heavy atom. The summed E-state index contributed by atoms with van der Waals surface area (Å²) < 4.78 is 10.1. The summed E-state index contributed by atoms with van der Waals surface area (Å²) in [7, 11) is 3.16. The molecule has 3 atom stereocenters. The van der Waals surface area contributed by atoms with Crippen LogP contribution < -0.4 is 5.73 Å². The first kappa shape index (κ1) is 18.4. The van der Waals surface area contributed by atoms with Gasteiger partial charge < -0.3 is 15.2 Å². The smallest absolute Gasteiger partial charge is 0.326 e. The van der Waals surface area contributed by atoms with E-state index in [0.717, 1.165) is 51.8 Å². The summed E-state index contributed by atoms with van der Waals surface area (Å²) in [5.74, 6) is -0.0315. The van der Waals surface area contributed by atoms with Crippen LogP contribution in [-0.4, -0.2) is 56.4 Å². The summed E-state index contributed by atoms with van der Waals surface area (Å²) in [5, 5.41) is 0. The third-order valence-corrected chi connectivity index (χ3v) is 5.00. The Morgan fingerprint density at radius 3 is 2.71 bits per heavy atom. The molecule has 5 nitrogen and oxygen atoms in total. The third-order valence-electron chi connectivity index (χ3n) is 5.00. The van der Waals surface area contributed by atoms with Gasteiger partial charge in [0.05, 0.1) is 13.7 Å². The second kappa shape index (κ2) is 8.71. The van der Waals surface area contributed by atoms with Gasteiger partial charge in [0.15, 0.2) is 0 Å². The van der Waals surface area contributed by atoms with Crippen molar-refractivity contribution in [3.05, 3.63) is 0 Å². The maximum absolute atomic E-state index is 12.0. The minimum Gasteiger partial charge on any atom is -0.468 e. The number of methoxy groups -OCH3 is 2. The molecule has 0 aromatic rings. The van der Waals surface area contributed by atoms with E-state index in [1.54, 1.807) is 7.11 Å². The van der Waals surface area contributed by atoms with E-state index in [4.69, 9.17) is 15.2 Å². The highest BCUT2D eigenvalue weighted by molar-refractivity contribution is 5.81. The molecule has 1 fully saturated rings. The number of esters is 1. The molecule has 0 saturated heterocycles. The van der Waals surface area contributed by atoms with Crippen molar-refractivity contribution >= 4 is 5.97 Å². The van der Waals surface area contributed by atoms with Crippen LogP contribution in [0, 0.1) is 5.92 Å². The minimum atomic E-state index is -0.781. The number of nitrogens with zero attached hydrogens (tertiary/aromatic N) is 1.